The molecule has 7 atom stereocenters. The lowest BCUT2D eigenvalue weighted by molar-refractivity contribution is 0.00939. The third-order valence-electron chi connectivity index (χ3n) is 10.6. The van der Waals surface area contributed by atoms with E-state index in [4.69, 9.17) is 0 Å². The summed E-state index contributed by atoms with van der Waals surface area (Å²) in [6.07, 6.45) is 16.8. The molecule has 0 amide bonds. The Bertz CT molecular complexity index is 659. The zero-order chi connectivity index (χ0) is 20.8. The maximum absolute atomic E-state index is 9.42. The van der Waals surface area contributed by atoms with E-state index in [1.807, 2.05) is 11.1 Å². The summed E-state index contributed by atoms with van der Waals surface area (Å²) in [6.45, 7) is 14.4. The standard InChI is InChI=1S/C28H46O/c1-19(21(3)18-29)9-10-20(2)24-13-14-25-23-12-11-22-8-6-7-16-27(22,4)26(23)15-17-28(24,25)5/h20-22,24,26,29H,1,6-18H2,2-5H3/t20-,21?,22?,24-,26+,27+,28-/m1/s1. The van der Waals surface area contributed by atoms with Crippen LogP contribution in [-0.4, -0.2) is 11.7 Å². The summed E-state index contributed by atoms with van der Waals surface area (Å²) in [6, 6.07) is 0. The van der Waals surface area contributed by atoms with Gasteiger partial charge in [-0.1, -0.05) is 63.8 Å². The molecule has 1 nitrogen and oxygen atoms in total. The molecule has 0 saturated heterocycles. The Morgan fingerprint density at radius 2 is 1.86 bits per heavy atom. The minimum atomic E-state index is 0.242. The monoisotopic (exact) mass is 398 g/mol. The van der Waals surface area contributed by atoms with Crippen LogP contribution < -0.4 is 0 Å². The fourth-order valence-electron chi connectivity index (χ4n) is 8.47. The van der Waals surface area contributed by atoms with Crippen molar-refractivity contribution in [1.82, 2.24) is 0 Å². The minimum absolute atomic E-state index is 0.242. The van der Waals surface area contributed by atoms with Gasteiger partial charge in [0, 0.05) is 6.61 Å². The number of fused-ring (bicyclic) bond motifs is 4. The molecule has 4 aliphatic rings. The van der Waals surface area contributed by atoms with Crippen LogP contribution in [0.4, 0.5) is 0 Å². The summed E-state index contributed by atoms with van der Waals surface area (Å²) >= 11 is 0. The molecule has 164 valence electrons. The van der Waals surface area contributed by atoms with Crippen molar-refractivity contribution in [2.75, 3.05) is 6.61 Å². The lowest BCUT2D eigenvalue weighted by Crippen LogP contribution is -2.46. The Kier molecular flexibility index (Phi) is 6.11. The molecule has 0 heterocycles. The van der Waals surface area contributed by atoms with Crippen LogP contribution in [-0.2, 0) is 0 Å². The highest BCUT2D eigenvalue weighted by atomic mass is 16.3. The fraction of sp³-hybridized carbons (Fsp3) is 0.857. The second kappa shape index (κ2) is 8.18. The SMILES string of the molecule is C=C(CC[C@@H](C)[C@H]1CCC2=C3CCC4CCCC[C@]4(C)[C@H]3CC[C@@]21C)C(C)CO. The molecular formula is C28H46O. The molecule has 0 aliphatic heterocycles. The van der Waals surface area contributed by atoms with Gasteiger partial charge in [-0.3, -0.25) is 0 Å². The van der Waals surface area contributed by atoms with Gasteiger partial charge in [-0.15, -0.1) is 0 Å². The van der Waals surface area contributed by atoms with Gasteiger partial charge in [0.05, 0.1) is 0 Å². The Balaban J connectivity index is 1.51. The summed E-state index contributed by atoms with van der Waals surface area (Å²) in [5.41, 5.74) is 6.20. The van der Waals surface area contributed by atoms with E-state index in [0.717, 1.165) is 30.1 Å². The molecule has 1 heteroatoms. The Hall–Kier alpha value is -0.560. The van der Waals surface area contributed by atoms with Crippen LogP contribution in [0.25, 0.3) is 0 Å². The van der Waals surface area contributed by atoms with E-state index in [-0.39, 0.29) is 12.5 Å². The van der Waals surface area contributed by atoms with Crippen molar-refractivity contribution >= 4 is 0 Å². The molecule has 0 aromatic carbocycles. The average Bonchev–Trinajstić information content (AvgIpc) is 3.08. The Morgan fingerprint density at radius 3 is 2.62 bits per heavy atom. The minimum Gasteiger partial charge on any atom is -0.396 e. The van der Waals surface area contributed by atoms with Crippen molar-refractivity contribution in [1.29, 1.82) is 0 Å². The topological polar surface area (TPSA) is 20.2 Å². The summed E-state index contributed by atoms with van der Waals surface area (Å²) in [4.78, 5) is 0. The number of hydrogen-bond donors (Lipinski definition) is 1. The molecule has 3 fully saturated rings. The molecule has 0 bridgehead atoms. The van der Waals surface area contributed by atoms with Crippen LogP contribution in [0.2, 0.25) is 0 Å². The highest BCUT2D eigenvalue weighted by Crippen LogP contribution is 2.65. The molecule has 0 spiro atoms. The van der Waals surface area contributed by atoms with Gasteiger partial charge >= 0.3 is 0 Å². The van der Waals surface area contributed by atoms with Crippen LogP contribution in [0, 0.1) is 40.4 Å². The molecule has 0 aromatic heterocycles. The molecule has 2 unspecified atom stereocenters. The smallest absolute Gasteiger partial charge is 0.0493 e. The summed E-state index contributed by atoms with van der Waals surface area (Å²) in [5, 5.41) is 9.42. The van der Waals surface area contributed by atoms with Crippen LogP contribution in [0.15, 0.2) is 23.3 Å². The van der Waals surface area contributed by atoms with E-state index in [1.165, 1.54) is 76.2 Å². The highest BCUT2D eigenvalue weighted by Gasteiger charge is 2.54. The van der Waals surface area contributed by atoms with Crippen molar-refractivity contribution in [2.45, 2.75) is 105 Å². The van der Waals surface area contributed by atoms with Crippen molar-refractivity contribution in [2.24, 2.45) is 40.4 Å². The van der Waals surface area contributed by atoms with Gasteiger partial charge < -0.3 is 5.11 Å². The van der Waals surface area contributed by atoms with Crippen molar-refractivity contribution in [3.05, 3.63) is 23.3 Å². The summed E-state index contributed by atoms with van der Waals surface area (Å²) in [5.74, 6) is 3.77. The zero-order valence-electron chi connectivity index (χ0n) is 19.7. The first-order valence-electron chi connectivity index (χ1n) is 12.8. The van der Waals surface area contributed by atoms with Gasteiger partial charge in [-0.2, -0.15) is 0 Å². The molecule has 3 saturated carbocycles. The van der Waals surface area contributed by atoms with Crippen LogP contribution >= 0.6 is 0 Å². The van der Waals surface area contributed by atoms with Crippen molar-refractivity contribution in [3.8, 4) is 0 Å². The van der Waals surface area contributed by atoms with E-state index >= 15 is 0 Å². The molecule has 1 N–H and O–H groups in total. The van der Waals surface area contributed by atoms with Gasteiger partial charge in [0.25, 0.3) is 0 Å². The maximum atomic E-state index is 9.42. The van der Waals surface area contributed by atoms with Crippen LogP contribution in [0.1, 0.15) is 105 Å². The first kappa shape index (κ1) is 21.7. The quantitative estimate of drug-likeness (QED) is 0.454. The maximum Gasteiger partial charge on any atom is 0.0493 e. The van der Waals surface area contributed by atoms with Crippen LogP contribution in [0.3, 0.4) is 0 Å². The average molecular weight is 399 g/mol. The predicted octanol–water partition coefficient (Wildman–Crippen LogP) is 7.70. The second-order valence-electron chi connectivity index (χ2n) is 11.9. The predicted molar refractivity (Wildman–Crippen MR) is 124 cm³/mol. The highest BCUT2D eigenvalue weighted by molar-refractivity contribution is 5.34. The Morgan fingerprint density at radius 1 is 1.07 bits per heavy atom. The first-order valence-corrected chi connectivity index (χ1v) is 12.8. The fourth-order valence-corrected chi connectivity index (χ4v) is 8.47. The molecule has 29 heavy (non-hydrogen) atoms. The van der Waals surface area contributed by atoms with Crippen molar-refractivity contribution in [3.63, 3.8) is 0 Å². The number of rotatable bonds is 6. The van der Waals surface area contributed by atoms with E-state index in [1.54, 1.807) is 0 Å². The van der Waals surface area contributed by atoms with Gasteiger partial charge in [0.1, 0.15) is 0 Å². The molecule has 4 rings (SSSR count). The molecule has 0 aromatic rings. The van der Waals surface area contributed by atoms with E-state index < -0.39 is 0 Å². The molecular weight excluding hydrogens is 352 g/mol. The summed E-state index contributed by atoms with van der Waals surface area (Å²) in [7, 11) is 0. The summed E-state index contributed by atoms with van der Waals surface area (Å²) < 4.78 is 0. The van der Waals surface area contributed by atoms with Crippen LogP contribution in [0.5, 0.6) is 0 Å². The Labute approximate surface area is 180 Å². The van der Waals surface area contributed by atoms with E-state index in [0.29, 0.717) is 10.8 Å². The zero-order valence-corrected chi connectivity index (χ0v) is 19.7. The number of aliphatic hydroxyl groups excluding tert-OH is 1. The lowest BCUT2D eigenvalue weighted by Gasteiger charge is -2.56. The van der Waals surface area contributed by atoms with Gasteiger partial charge in [0.15, 0.2) is 0 Å². The number of aliphatic hydroxyl groups is 1. The van der Waals surface area contributed by atoms with Gasteiger partial charge in [-0.25, -0.2) is 0 Å². The normalized spacial score (nSPS) is 41.3. The lowest BCUT2D eigenvalue weighted by atomic mass is 9.49. The van der Waals surface area contributed by atoms with E-state index in [2.05, 4.69) is 34.3 Å². The van der Waals surface area contributed by atoms with E-state index in [9.17, 15) is 5.11 Å². The molecule has 0 radical (unpaired) electrons. The first-order chi connectivity index (χ1) is 13.8. The van der Waals surface area contributed by atoms with Crippen molar-refractivity contribution < 1.29 is 5.11 Å². The third-order valence-corrected chi connectivity index (χ3v) is 10.6. The largest absolute Gasteiger partial charge is 0.396 e. The third kappa shape index (κ3) is 3.58. The second-order valence-corrected chi connectivity index (χ2v) is 11.9. The number of hydrogen-bond acceptors (Lipinski definition) is 1. The van der Waals surface area contributed by atoms with Gasteiger partial charge in [0.2, 0.25) is 0 Å². The number of allylic oxidation sites excluding steroid dienone is 2. The van der Waals surface area contributed by atoms with Gasteiger partial charge in [-0.05, 0) is 105 Å². The molecule has 4 aliphatic carbocycles.